The molecule has 0 fully saturated rings. The quantitative estimate of drug-likeness (QED) is 0.274. The Morgan fingerprint density at radius 2 is 1.58 bits per heavy atom. The number of nitrogens with zero attached hydrogens (tertiary/aromatic N) is 2. The SMILES string of the molecule is COc1cc2c(=O)n(-c3cccc(C)c3)c(SCc3cccc(C)c3)nc2c(OC)c1OC. The molecule has 1 heterocycles. The summed E-state index contributed by atoms with van der Waals surface area (Å²) in [5.41, 5.74) is 4.40. The van der Waals surface area contributed by atoms with Gasteiger partial charge in [0, 0.05) is 5.75 Å². The molecule has 0 aliphatic heterocycles. The van der Waals surface area contributed by atoms with Crippen LogP contribution in [0.4, 0.5) is 0 Å². The predicted octanol–water partition coefficient (Wildman–Crippen LogP) is 5.32. The van der Waals surface area contributed by atoms with Crippen LogP contribution >= 0.6 is 11.8 Å². The summed E-state index contributed by atoms with van der Waals surface area (Å²) >= 11 is 1.51. The van der Waals surface area contributed by atoms with Gasteiger partial charge in [0.1, 0.15) is 5.52 Å². The first kappa shape index (κ1) is 22.7. The largest absolute Gasteiger partial charge is 0.493 e. The molecular formula is C26H26N2O4S. The first-order chi connectivity index (χ1) is 16.0. The molecule has 6 nitrogen and oxygen atoms in total. The van der Waals surface area contributed by atoms with E-state index in [1.165, 1.54) is 38.7 Å². The summed E-state index contributed by atoms with van der Waals surface area (Å²) < 4.78 is 18.3. The number of benzene rings is 3. The third-order valence-electron chi connectivity index (χ3n) is 5.35. The Balaban J connectivity index is 1.98. The van der Waals surface area contributed by atoms with Crippen LogP contribution in [0.5, 0.6) is 17.2 Å². The summed E-state index contributed by atoms with van der Waals surface area (Å²) in [6, 6.07) is 17.8. The van der Waals surface area contributed by atoms with Gasteiger partial charge in [0.15, 0.2) is 16.7 Å². The highest BCUT2D eigenvalue weighted by Gasteiger charge is 2.22. The van der Waals surface area contributed by atoms with Crippen molar-refractivity contribution < 1.29 is 14.2 Å². The summed E-state index contributed by atoms with van der Waals surface area (Å²) in [6.45, 7) is 4.06. The molecule has 0 saturated carbocycles. The molecule has 0 spiro atoms. The van der Waals surface area contributed by atoms with E-state index in [9.17, 15) is 4.79 Å². The molecule has 7 heteroatoms. The third-order valence-corrected chi connectivity index (χ3v) is 6.36. The number of aryl methyl sites for hydroxylation is 2. The smallest absolute Gasteiger partial charge is 0.266 e. The highest BCUT2D eigenvalue weighted by atomic mass is 32.2. The average Bonchev–Trinajstić information content (AvgIpc) is 2.81. The van der Waals surface area contributed by atoms with Crippen molar-refractivity contribution >= 4 is 22.7 Å². The molecule has 0 aliphatic carbocycles. The predicted molar refractivity (Wildman–Crippen MR) is 132 cm³/mol. The lowest BCUT2D eigenvalue weighted by atomic mass is 10.2. The number of ether oxygens (including phenoxy) is 3. The van der Waals surface area contributed by atoms with Gasteiger partial charge in [0.05, 0.1) is 32.4 Å². The van der Waals surface area contributed by atoms with E-state index >= 15 is 0 Å². The number of hydrogen-bond donors (Lipinski definition) is 0. The number of thioether (sulfide) groups is 1. The molecule has 0 atom stereocenters. The Hall–Kier alpha value is -3.45. The molecule has 3 aromatic carbocycles. The molecule has 170 valence electrons. The fourth-order valence-electron chi connectivity index (χ4n) is 3.81. The van der Waals surface area contributed by atoms with Crippen LogP contribution in [0.1, 0.15) is 16.7 Å². The molecule has 0 N–H and O–H groups in total. The zero-order valence-corrected chi connectivity index (χ0v) is 20.2. The molecule has 33 heavy (non-hydrogen) atoms. The Labute approximate surface area is 197 Å². The Bertz CT molecular complexity index is 1380. The van der Waals surface area contributed by atoms with Crippen LogP contribution in [0.25, 0.3) is 16.6 Å². The van der Waals surface area contributed by atoms with Crippen molar-refractivity contribution in [3.05, 3.63) is 81.6 Å². The Morgan fingerprint density at radius 1 is 0.879 bits per heavy atom. The summed E-state index contributed by atoms with van der Waals surface area (Å²) in [6.07, 6.45) is 0. The molecular weight excluding hydrogens is 436 g/mol. The molecule has 4 aromatic rings. The zero-order chi connectivity index (χ0) is 23.5. The van der Waals surface area contributed by atoms with Crippen molar-refractivity contribution in [3.8, 4) is 22.9 Å². The van der Waals surface area contributed by atoms with Crippen LogP contribution in [0, 0.1) is 13.8 Å². The van der Waals surface area contributed by atoms with E-state index in [-0.39, 0.29) is 5.56 Å². The van der Waals surface area contributed by atoms with Crippen molar-refractivity contribution in [2.45, 2.75) is 24.8 Å². The summed E-state index contributed by atoms with van der Waals surface area (Å²) in [4.78, 5) is 18.7. The molecule has 0 radical (unpaired) electrons. The Kier molecular flexibility index (Phi) is 6.60. The van der Waals surface area contributed by atoms with E-state index in [1.807, 2.05) is 37.3 Å². The van der Waals surface area contributed by atoms with E-state index in [1.54, 1.807) is 10.6 Å². The topological polar surface area (TPSA) is 62.6 Å². The van der Waals surface area contributed by atoms with E-state index in [2.05, 4.69) is 25.1 Å². The van der Waals surface area contributed by atoms with E-state index < -0.39 is 0 Å². The lowest BCUT2D eigenvalue weighted by Crippen LogP contribution is -2.22. The number of methoxy groups -OCH3 is 3. The van der Waals surface area contributed by atoms with Crippen molar-refractivity contribution in [2.75, 3.05) is 21.3 Å². The van der Waals surface area contributed by atoms with Crippen LogP contribution < -0.4 is 19.8 Å². The van der Waals surface area contributed by atoms with Gasteiger partial charge in [-0.1, -0.05) is 53.7 Å². The lowest BCUT2D eigenvalue weighted by Gasteiger charge is -2.17. The minimum atomic E-state index is -0.198. The second kappa shape index (κ2) is 9.58. The second-order valence-electron chi connectivity index (χ2n) is 7.69. The van der Waals surface area contributed by atoms with Gasteiger partial charge in [-0.25, -0.2) is 4.98 Å². The van der Waals surface area contributed by atoms with Crippen LogP contribution in [0.15, 0.2) is 64.5 Å². The zero-order valence-electron chi connectivity index (χ0n) is 19.3. The standard InChI is InChI=1S/C26H26N2O4S/c1-16-8-6-10-18(12-16)15-33-26-27-22-20(14-21(30-3)23(31-4)24(22)32-5)25(29)28(26)19-11-7-9-17(2)13-19/h6-14H,15H2,1-5H3. The number of aromatic nitrogens is 2. The maximum atomic E-state index is 13.8. The van der Waals surface area contributed by atoms with E-state index in [4.69, 9.17) is 19.2 Å². The molecule has 0 amide bonds. The fourth-order valence-corrected chi connectivity index (χ4v) is 4.76. The normalized spacial score (nSPS) is 10.9. The summed E-state index contributed by atoms with van der Waals surface area (Å²) in [7, 11) is 4.60. The minimum Gasteiger partial charge on any atom is -0.493 e. The summed E-state index contributed by atoms with van der Waals surface area (Å²) in [5, 5.41) is 0.969. The van der Waals surface area contributed by atoms with Crippen molar-refractivity contribution in [3.63, 3.8) is 0 Å². The van der Waals surface area contributed by atoms with E-state index in [0.29, 0.717) is 39.1 Å². The fraction of sp³-hybridized carbons (Fsp3) is 0.231. The van der Waals surface area contributed by atoms with Gasteiger partial charge >= 0.3 is 0 Å². The van der Waals surface area contributed by atoms with Gasteiger partial charge in [-0.05, 0) is 43.2 Å². The monoisotopic (exact) mass is 462 g/mol. The Morgan fingerprint density at radius 3 is 2.21 bits per heavy atom. The van der Waals surface area contributed by atoms with Gasteiger partial charge in [-0.15, -0.1) is 0 Å². The second-order valence-corrected chi connectivity index (χ2v) is 8.64. The van der Waals surface area contributed by atoms with Gasteiger partial charge in [0.2, 0.25) is 5.75 Å². The maximum Gasteiger partial charge on any atom is 0.266 e. The van der Waals surface area contributed by atoms with Gasteiger partial charge in [-0.2, -0.15) is 0 Å². The van der Waals surface area contributed by atoms with Crippen LogP contribution in [0.2, 0.25) is 0 Å². The number of fused-ring (bicyclic) bond motifs is 1. The highest BCUT2D eigenvalue weighted by Crippen LogP contribution is 2.42. The van der Waals surface area contributed by atoms with Crippen LogP contribution in [-0.2, 0) is 5.75 Å². The molecule has 0 unspecified atom stereocenters. The van der Waals surface area contributed by atoms with Crippen LogP contribution in [-0.4, -0.2) is 30.9 Å². The van der Waals surface area contributed by atoms with E-state index in [0.717, 1.165) is 16.8 Å². The van der Waals surface area contributed by atoms with Crippen molar-refractivity contribution in [1.82, 2.24) is 9.55 Å². The molecule has 0 bridgehead atoms. The van der Waals surface area contributed by atoms with Crippen molar-refractivity contribution in [2.24, 2.45) is 0 Å². The van der Waals surface area contributed by atoms with Crippen LogP contribution in [0.3, 0.4) is 0 Å². The highest BCUT2D eigenvalue weighted by molar-refractivity contribution is 7.98. The number of hydrogen-bond acceptors (Lipinski definition) is 6. The molecule has 4 rings (SSSR count). The summed E-state index contributed by atoms with van der Waals surface area (Å²) in [5.74, 6) is 1.86. The maximum absolute atomic E-state index is 13.8. The first-order valence-electron chi connectivity index (χ1n) is 10.5. The molecule has 0 saturated heterocycles. The number of rotatable bonds is 7. The third kappa shape index (κ3) is 4.41. The first-order valence-corrected chi connectivity index (χ1v) is 11.5. The lowest BCUT2D eigenvalue weighted by molar-refractivity contribution is 0.326. The average molecular weight is 463 g/mol. The molecule has 1 aromatic heterocycles. The minimum absolute atomic E-state index is 0.198. The van der Waals surface area contributed by atoms with Gasteiger partial charge < -0.3 is 14.2 Å². The van der Waals surface area contributed by atoms with Crippen molar-refractivity contribution in [1.29, 1.82) is 0 Å². The van der Waals surface area contributed by atoms with Gasteiger partial charge in [0.25, 0.3) is 5.56 Å². The van der Waals surface area contributed by atoms with Gasteiger partial charge in [-0.3, -0.25) is 9.36 Å². The molecule has 0 aliphatic rings.